The van der Waals surface area contributed by atoms with Crippen molar-refractivity contribution in [3.63, 3.8) is 0 Å². The standard InChI is InChI=1S/C15H18N2O2.ClH/c1-10-2-3-13-12(6-10)7-14(19-13)15(18)17-9-11-4-5-16-8-11;/h2-3,6-7,11,16H,4-5,8-9H2,1H3,(H,17,18);1H. The highest BCUT2D eigenvalue weighted by Crippen LogP contribution is 2.20. The number of hydrogen-bond acceptors (Lipinski definition) is 3. The van der Waals surface area contributed by atoms with Crippen LogP contribution >= 0.6 is 12.4 Å². The van der Waals surface area contributed by atoms with Crippen LogP contribution in [0.5, 0.6) is 0 Å². The van der Waals surface area contributed by atoms with E-state index in [1.165, 1.54) is 0 Å². The van der Waals surface area contributed by atoms with Gasteiger partial charge < -0.3 is 15.1 Å². The molecule has 5 heteroatoms. The third kappa shape index (κ3) is 3.14. The van der Waals surface area contributed by atoms with Crippen LogP contribution in [0.4, 0.5) is 0 Å². The lowest BCUT2D eigenvalue weighted by molar-refractivity contribution is 0.0922. The van der Waals surface area contributed by atoms with E-state index >= 15 is 0 Å². The highest BCUT2D eigenvalue weighted by atomic mass is 35.5. The predicted molar refractivity (Wildman–Crippen MR) is 81.5 cm³/mol. The number of furan rings is 1. The molecule has 108 valence electrons. The summed E-state index contributed by atoms with van der Waals surface area (Å²) in [6, 6.07) is 7.72. The first-order chi connectivity index (χ1) is 9.22. The molecule has 0 saturated carbocycles. The number of carbonyl (C=O) groups excluding carboxylic acids is 1. The number of halogens is 1. The minimum absolute atomic E-state index is 0. The molecule has 1 aromatic carbocycles. The summed E-state index contributed by atoms with van der Waals surface area (Å²) in [6.45, 7) is 4.77. The van der Waals surface area contributed by atoms with Gasteiger partial charge in [-0.25, -0.2) is 0 Å². The SMILES string of the molecule is Cc1ccc2oc(C(=O)NCC3CCNC3)cc2c1.Cl. The maximum absolute atomic E-state index is 12.0. The molecule has 1 fully saturated rings. The Bertz CT molecular complexity index is 603. The average Bonchev–Trinajstić information content (AvgIpc) is 3.04. The van der Waals surface area contributed by atoms with Gasteiger partial charge in [-0.15, -0.1) is 12.4 Å². The molecule has 1 atom stereocenters. The Morgan fingerprint density at radius 2 is 2.30 bits per heavy atom. The summed E-state index contributed by atoms with van der Waals surface area (Å²) in [7, 11) is 0. The van der Waals surface area contributed by atoms with E-state index in [4.69, 9.17) is 4.42 Å². The monoisotopic (exact) mass is 294 g/mol. The van der Waals surface area contributed by atoms with E-state index in [1.54, 1.807) is 0 Å². The van der Waals surface area contributed by atoms with Crippen molar-refractivity contribution in [1.29, 1.82) is 0 Å². The molecule has 0 bridgehead atoms. The van der Waals surface area contributed by atoms with Crippen LogP contribution in [0.3, 0.4) is 0 Å². The summed E-state index contributed by atoms with van der Waals surface area (Å²) < 4.78 is 5.57. The molecule has 1 saturated heterocycles. The second-order valence-electron chi connectivity index (χ2n) is 5.22. The molecule has 1 aliphatic heterocycles. The zero-order valence-electron chi connectivity index (χ0n) is 11.4. The van der Waals surface area contributed by atoms with Crippen LogP contribution in [0.25, 0.3) is 11.0 Å². The van der Waals surface area contributed by atoms with Gasteiger partial charge in [-0.2, -0.15) is 0 Å². The number of fused-ring (bicyclic) bond motifs is 1. The summed E-state index contributed by atoms with van der Waals surface area (Å²) in [5, 5.41) is 7.21. The zero-order valence-corrected chi connectivity index (χ0v) is 12.3. The molecule has 20 heavy (non-hydrogen) atoms. The fraction of sp³-hybridized carbons (Fsp3) is 0.400. The summed E-state index contributed by atoms with van der Waals surface area (Å²) in [4.78, 5) is 12.0. The molecule has 2 aromatic rings. The second-order valence-corrected chi connectivity index (χ2v) is 5.22. The summed E-state index contributed by atoms with van der Waals surface area (Å²) in [5.41, 5.74) is 1.93. The zero-order chi connectivity index (χ0) is 13.2. The first kappa shape index (κ1) is 14.9. The van der Waals surface area contributed by atoms with Gasteiger partial charge in [0.1, 0.15) is 5.58 Å². The molecule has 0 spiro atoms. The Morgan fingerprint density at radius 1 is 1.45 bits per heavy atom. The Kier molecular flexibility index (Phi) is 4.68. The van der Waals surface area contributed by atoms with Crippen molar-refractivity contribution in [2.24, 2.45) is 5.92 Å². The fourth-order valence-corrected chi connectivity index (χ4v) is 2.49. The number of hydrogen-bond donors (Lipinski definition) is 2. The second kappa shape index (κ2) is 6.29. The van der Waals surface area contributed by atoms with Gasteiger partial charge in [0, 0.05) is 11.9 Å². The van der Waals surface area contributed by atoms with Gasteiger partial charge >= 0.3 is 0 Å². The van der Waals surface area contributed by atoms with Gasteiger partial charge in [0.2, 0.25) is 0 Å². The van der Waals surface area contributed by atoms with E-state index in [0.29, 0.717) is 18.2 Å². The average molecular weight is 295 g/mol. The van der Waals surface area contributed by atoms with Crippen LogP contribution in [-0.2, 0) is 0 Å². The summed E-state index contributed by atoms with van der Waals surface area (Å²) in [6.07, 6.45) is 1.12. The molecule has 4 nitrogen and oxygen atoms in total. The molecular formula is C15H19ClN2O2. The number of benzene rings is 1. The highest BCUT2D eigenvalue weighted by Gasteiger charge is 2.17. The molecule has 2 N–H and O–H groups in total. The van der Waals surface area contributed by atoms with E-state index in [2.05, 4.69) is 10.6 Å². The lowest BCUT2D eigenvalue weighted by Crippen LogP contribution is -2.29. The lowest BCUT2D eigenvalue weighted by atomic mass is 10.1. The largest absolute Gasteiger partial charge is 0.451 e. The number of amides is 1. The lowest BCUT2D eigenvalue weighted by Gasteiger charge is -2.08. The third-order valence-electron chi connectivity index (χ3n) is 3.61. The summed E-state index contributed by atoms with van der Waals surface area (Å²) >= 11 is 0. The van der Waals surface area contributed by atoms with Gasteiger partial charge in [0.25, 0.3) is 5.91 Å². The van der Waals surface area contributed by atoms with Crippen molar-refractivity contribution < 1.29 is 9.21 Å². The van der Waals surface area contributed by atoms with Crippen molar-refractivity contribution in [2.45, 2.75) is 13.3 Å². The van der Waals surface area contributed by atoms with E-state index in [-0.39, 0.29) is 18.3 Å². The van der Waals surface area contributed by atoms with Gasteiger partial charge in [-0.1, -0.05) is 11.6 Å². The maximum Gasteiger partial charge on any atom is 0.287 e. The normalized spacial score (nSPS) is 17.9. The summed E-state index contributed by atoms with van der Waals surface area (Å²) in [5.74, 6) is 0.808. The van der Waals surface area contributed by atoms with E-state index < -0.39 is 0 Å². The smallest absolute Gasteiger partial charge is 0.287 e. The molecule has 1 unspecified atom stereocenters. The number of rotatable bonds is 3. The molecular weight excluding hydrogens is 276 g/mol. The Morgan fingerprint density at radius 3 is 3.05 bits per heavy atom. The quantitative estimate of drug-likeness (QED) is 0.914. The molecule has 0 radical (unpaired) electrons. The van der Waals surface area contributed by atoms with Crippen LogP contribution in [0.15, 0.2) is 28.7 Å². The van der Waals surface area contributed by atoms with Crippen LogP contribution in [0, 0.1) is 12.8 Å². The van der Waals surface area contributed by atoms with Gasteiger partial charge in [0.05, 0.1) is 0 Å². The Labute approximate surface area is 124 Å². The van der Waals surface area contributed by atoms with E-state index in [9.17, 15) is 4.79 Å². The van der Waals surface area contributed by atoms with Crippen molar-refractivity contribution in [2.75, 3.05) is 19.6 Å². The van der Waals surface area contributed by atoms with Crippen molar-refractivity contribution >= 4 is 29.3 Å². The minimum Gasteiger partial charge on any atom is -0.451 e. The number of nitrogens with one attached hydrogen (secondary N) is 2. The fourth-order valence-electron chi connectivity index (χ4n) is 2.49. The third-order valence-corrected chi connectivity index (χ3v) is 3.61. The van der Waals surface area contributed by atoms with Crippen molar-refractivity contribution in [1.82, 2.24) is 10.6 Å². The van der Waals surface area contributed by atoms with Crippen molar-refractivity contribution in [3.8, 4) is 0 Å². The Hall–Kier alpha value is -1.52. The first-order valence-corrected chi connectivity index (χ1v) is 6.71. The molecule has 1 aromatic heterocycles. The maximum atomic E-state index is 12.0. The van der Waals surface area contributed by atoms with Gasteiger partial charge in [-0.05, 0) is 50.6 Å². The van der Waals surface area contributed by atoms with Crippen LogP contribution in [0.1, 0.15) is 22.5 Å². The highest BCUT2D eigenvalue weighted by molar-refractivity contribution is 5.96. The minimum atomic E-state index is -0.124. The molecule has 0 aliphatic carbocycles. The Balaban J connectivity index is 0.00000147. The van der Waals surface area contributed by atoms with Gasteiger partial charge in [0.15, 0.2) is 5.76 Å². The predicted octanol–water partition coefficient (Wildman–Crippen LogP) is 2.50. The number of aryl methyl sites for hydroxylation is 1. The van der Waals surface area contributed by atoms with Crippen LogP contribution < -0.4 is 10.6 Å². The molecule has 2 heterocycles. The van der Waals surface area contributed by atoms with E-state index in [0.717, 1.165) is 36.0 Å². The molecule has 1 aliphatic rings. The molecule has 3 rings (SSSR count). The number of carbonyl (C=O) groups is 1. The van der Waals surface area contributed by atoms with Crippen molar-refractivity contribution in [3.05, 3.63) is 35.6 Å². The molecule has 1 amide bonds. The van der Waals surface area contributed by atoms with Crippen LogP contribution in [0.2, 0.25) is 0 Å². The van der Waals surface area contributed by atoms with E-state index in [1.807, 2.05) is 31.2 Å². The van der Waals surface area contributed by atoms with Gasteiger partial charge in [-0.3, -0.25) is 4.79 Å². The van der Waals surface area contributed by atoms with Crippen LogP contribution in [-0.4, -0.2) is 25.5 Å². The first-order valence-electron chi connectivity index (χ1n) is 6.71. The topological polar surface area (TPSA) is 54.3 Å².